The molecule has 134 valence electrons. The highest BCUT2D eigenvalue weighted by molar-refractivity contribution is 5.68. The summed E-state index contributed by atoms with van der Waals surface area (Å²) in [5.41, 5.74) is -0.433. The number of alkyl carbamates (subject to hydrolysis) is 1. The fourth-order valence-corrected chi connectivity index (χ4v) is 3.40. The van der Waals surface area contributed by atoms with Gasteiger partial charge in [0.1, 0.15) is 5.60 Å². The molecule has 6 heteroatoms. The van der Waals surface area contributed by atoms with Gasteiger partial charge in [-0.3, -0.25) is 4.90 Å². The molecular weight excluding hydrogens is 292 g/mol. The van der Waals surface area contributed by atoms with Crippen LogP contribution in [0.5, 0.6) is 0 Å². The van der Waals surface area contributed by atoms with Crippen LogP contribution in [0.1, 0.15) is 40.0 Å². The van der Waals surface area contributed by atoms with Crippen molar-refractivity contribution in [1.82, 2.24) is 20.4 Å². The van der Waals surface area contributed by atoms with E-state index in [4.69, 9.17) is 4.74 Å². The molecule has 1 saturated heterocycles. The fourth-order valence-electron chi connectivity index (χ4n) is 3.40. The van der Waals surface area contributed by atoms with Gasteiger partial charge in [-0.05, 0) is 54.1 Å². The van der Waals surface area contributed by atoms with Gasteiger partial charge in [-0.1, -0.05) is 0 Å². The zero-order valence-electron chi connectivity index (χ0n) is 15.4. The zero-order chi connectivity index (χ0) is 17.0. The lowest BCUT2D eigenvalue weighted by Gasteiger charge is -2.38. The summed E-state index contributed by atoms with van der Waals surface area (Å²) in [6.07, 6.45) is 2.84. The Bertz CT molecular complexity index is 397. The van der Waals surface area contributed by atoms with Gasteiger partial charge in [-0.2, -0.15) is 0 Å². The van der Waals surface area contributed by atoms with Gasteiger partial charge in [0.15, 0.2) is 0 Å². The summed E-state index contributed by atoms with van der Waals surface area (Å²) in [6, 6.07) is 1.30. The number of ether oxygens (including phenoxy) is 1. The molecular formula is C17H34N4O2. The molecule has 0 radical (unpaired) electrons. The van der Waals surface area contributed by atoms with Crippen LogP contribution < -0.4 is 10.6 Å². The third-order valence-electron chi connectivity index (χ3n) is 4.78. The third kappa shape index (κ3) is 6.28. The number of hydrogen-bond donors (Lipinski definition) is 2. The molecule has 3 unspecified atom stereocenters. The van der Waals surface area contributed by atoms with E-state index in [0.29, 0.717) is 12.1 Å². The number of rotatable bonds is 4. The maximum atomic E-state index is 11.8. The smallest absolute Gasteiger partial charge is 0.407 e. The first kappa shape index (κ1) is 18.5. The Morgan fingerprint density at radius 1 is 1.17 bits per heavy atom. The second-order valence-corrected chi connectivity index (χ2v) is 8.16. The van der Waals surface area contributed by atoms with E-state index in [1.165, 1.54) is 0 Å². The van der Waals surface area contributed by atoms with Crippen molar-refractivity contribution in [2.45, 2.75) is 63.8 Å². The zero-order valence-corrected chi connectivity index (χ0v) is 15.4. The van der Waals surface area contributed by atoms with E-state index in [1.807, 2.05) is 20.8 Å². The van der Waals surface area contributed by atoms with Crippen LogP contribution in [-0.2, 0) is 4.74 Å². The number of likely N-dealkylation sites (N-methyl/N-ethyl adjacent to an activating group) is 2. The highest BCUT2D eigenvalue weighted by Crippen LogP contribution is 2.20. The minimum absolute atomic E-state index is 0.231. The summed E-state index contributed by atoms with van der Waals surface area (Å²) < 4.78 is 5.33. The maximum Gasteiger partial charge on any atom is 0.407 e. The summed E-state index contributed by atoms with van der Waals surface area (Å²) in [5, 5.41) is 6.69. The summed E-state index contributed by atoms with van der Waals surface area (Å²) in [6.45, 7) is 10.1. The molecule has 2 aliphatic rings. The minimum Gasteiger partial charge on any atom is -0.444 e. The van der Waals surface area contributed by atoms with Crippen LogP contribution >= 0.6 is 0 Å². The quantitative estimate of drug-likeness (QED) is 0.815. The van der Waals surface area contributed by atoms with Crippen LogP contribution in [-0.4, -0.2) is 79.9 Å². The van der Waals surface area contributed by atoms with Crippen molar-refractivity contribution in [2.24, 2.45) is 0 Å². The van der Waals surface area contributed by atoms with Crippen molar-refractivity contribution in [3.8, 4) is 0 Å². The highest BCUT2D eigenvalue weighted by Gasteiger charge is 2.29. The molecule has 2 fully saturated rings. The Kier molecular flexibility index (Phi) is 6.28. The van der Waals surface area contributed by atoms with Gasteiger partial charge in [-0.25, -0.2) is 4.79 Å². The Hall–Kier alpha value is -0.850. The third-order valence-corrected chi connectivity index (χ3v) is 4.78. The van der Waals surface area contributed by atoms with Crippen LogP contribution in [0.15, 0.2) is 0 Å². The molecule has 1 heterocycles. The topological polar surface area (TPSA) is 56.8 Å². The first-order valence-electron chi connectivity index (χ1n) is 8.84. The fraction of sp³-hybridized carbons (Fsp3) is 0.941. The number of amides is 1. The van der Waals surface area contributed by atoms with Crippen LogP contribution in [0.3, 0.4) is 0 Å². The Balaban J connectivity index is 1.68. The van der Waals surface area contributed by atoms with Crippen molar-refractivity contribution in [3.63, 3.8) is 0 Å². The lowest BCUT2D eigenvalue weighted by molar-refractivity contribution is 0.0505. The highest BCUT2D eigenvalue weighted by atomic mass is 16.6. The van der Waals surface area contributed by atoms with Crippen molar-refractivity contribution < 1.29 is 9.53 Å². The molecule has 2 N–H and O–H groups in total. The molecule has 6 nitrogen and oxygen atoms in total. The summed E-state index contributed by atoms with van der Waals surface area (Å²) in [7, 11) is 4.40. The van der Waals surface area contributed by atoms with Gasteiger partial charge < -0.3 is 20.3 Å². The van der Waals surface area contributed by atoms with Crippen molar-refractivity contribution in [2.75, 3.05) is 40.3 Å². The van der Waals surface area contributed by atoms with Crippen LogP contribution in [0.25, 0.3) is 0 Å². The predicted octanol–water partition coefficient (Wildman–Crippen LogP) is 1.27. The molecule has 1 aliphatic heterocycles. The first-order valence-corrected chi connectivity index (χ1v) is 8.84. The molecule has 1 aliphatic carbocycles. The lowest BCUT2D eigenvalue weighted by Crippen LogP contribution is -2.54. The SMILES string of the molecule is CN1CCN(C)C(CNC2CCC(NC(=O)OC(C)(C)C)C2)C1. The van der Waals surface area contributed by atoms with E-state index in [9.17, 15) is 4.79 Å². The Morgan fingerprint density at radius 3 is 2.57 bits per heavy atom. The molecule has 23 heavy (non-hydrogen) atoms. The lowest BCUT2D eigenvalue weighted by atomic mass is 10.1. The molecule has 0 aromatic heterocycles. The second kappa shape index (κ2) is 7.81. The molecule has 3 atom stereocenters. The molecule has 2 rings (SSSR count). The van der Waals surface area contributed by atoms with E-state index < -0.39 is 5.60 Å². The number of piperazine rings is 1. The number of hydrogen-bond acceptors (Lipinski definition) is 5. The average molecular weight is 326 g/mol. The van der Waals surface area contributed by atoms with E-state index >= 15 is 0 Å². The standard InChI is InChI=1S/C17H34N4O2/c1-17(2,3)23-16(22)19-14-7-6-13(10-14)18-11-15-12-20(4)8-9-21(15)5/h13-15,18H,6-12H2,1-5H3,(H,19,22). The first-order chi connectivity index (χ1) is 10.7. The normalized spacial score (nSPS) is 30.4. The largest absolute Gasteiger partial charge is 0.444 e. The van der Waals surface area contributed by atoms with Gasteiger partial charge >= 0.3 is 6.09 Å². The predicted molar refractivity (Wildman–Crippen MR) is 92.7 cm³/mol. The molecule has 1 saturated carbocycles. The van der Waals surface area contributed by atoms with E-state index in [0.717, 1.165) is 45.4 Å². The monoisotopic (exact) mass is 326 g/mol. The van der Waals surface area contributed by atoms with Crippen molar-refractivity contribution in [3.05, 3.63) is 0 Å². The molecule has 0 aromatic rings. The van der Waals surface area contributed by atoms with Gasteiger partial charge in [-0.15, -0.1) is 0 Å². The summed E-state index contributed by atoms with van der Waals surface area (Å²) in [5.74, 6) is 0. The summed E-state index contributed by atoms with van der Waals surface area (Å²) >= 11 is 0. The van der Waals surface area contributed by atoms with Crippen molar-refractivity contribution >= 4 is 6.09 Å². The van der Waals surface area contributed by atoms with E-state index in [-0.39, 0.29) is 12.1 Å². The minimum atomic E-state index is -0.433. The Labute approximate surface area is 140 Å². The number of carbonyl (C=O) groups is 1. The average Bonchev–Trinajstić information content (AvgIpc) is 2.85. The molecule has 0 spiro atoms. The van der Waals surface area contributed by atoms with Gasteiger partial charge in [0.2, 0.25) is 0 Å². The van der Waals surface area contributed by atoms with Crippen molar-refractivity contribution in [1.29, 1.82) is 0 Å². The number of nitrogens with one attached hydrogen (secondary N) is 2. The number of nitrogens with zero attached hydrogens (tertiary/aromatic N) is 2. The van der Waals surface area contributed by atoms with Gasteiger partial charge in [0, 0.05) is 44.3 Å². The van der Waals surface area contributed by atoms with E-state index in [1.54, 1.807) is 0 Å². The molecule has 0 bridgehead atoms. The molecule has 0 aromatic carbocycles. The van der Waals surface area contributed by atoms with Crippen LogP contribution in [0.4, 0.5) is 4.79 Å². The molecule has 1 amide bonds. The van der Waals surface area contributed by atoms with E-state index in [2.05, 4.69) is 34.5 Å². The second-order valence-electron chi connectivity index (χ2n) is 8.16. The summed E-state index contributed by atoms with van der Waals surface area (Å²) in [4.78, 5) is 16.7. The van der Waals surface area contributed by atoms with Crippen LogP contribution in [0, 0.1) is 0 Å². The Morgan fingerprint density at radius 2 is 1.87 bits per heavy atom. The maximum absolute atomic E-state index is 11.8. The number of carbonyl (C=O) groups excluding carboxylic acids is 1. The van der Waals surface area contributed by atoms with Gasteiger partial charge in [0.25, 0.3) is 0 Å². The van der Waals surface area contributed by atoms with Crippen LogP contribution in [0.2, 0.25) is 0 Å². The van der Waals surface area contributed by atoms with Gasteiger partial charge in [0.05, 0.1) is 0 Å².